The summed E-state index contributed by atoms with van der Waals surface area (Å²) in [5.41, 5.74) is 6.13. The number of carbonyl (C=O) groups excluding carboxylic acids is 1. The first-order valence-corrected chi connectivity index (χ1v) is 10.9. The van der Waals surface area contributed by atoms with Crippen LogP contribution in [0.15, 0.2) is 72.8 Å². The number of benzene rings is 3. The molecule has 0 aliphatic carbocycles. The summed E-state index contributed by atoms with van der Waals surface area (Å²) in [6.45, 7) is 6.10. The monoisotopic (exact) mass is 427 g/mol. The van der Waals surface area contributed by atoms with Crippen LogP contribution in [0.1, 0.15) is 40.9 Å². The van der Waals surface area contributed by atoms with E-state index in [0.717, 1.165) is 33.2 Å². The van der Waals surface area contributed by atoms with Crippen LogP contribution in [-0.4, -0.2) is 29.6 Å². The van der Waals surface area contributed by atoms with E-state index >= 15 is 0 Å². The number of aliphatic hydroxyl groups excluding tert-OH is 1. The summed E-state index contributed by atoms with van der Waals surface area (Å²) in [4.78, 5) is 17.6. The van der Waals surface area contributed by atoms with Gasteiger partial charge in [0.2, 0.25) is 5.88 Å². The van der Waals surface area contributed by atoms with Crippen LogP contribution >= 0.6 is 0 Å². The minimum absolute atomic E-state index is 0.0206. The molecule has 0 aliphatic heterocycles. The number of carbonyl (C=O) groups is 1. The Morgan fingerprint density at radius 1 is 0.938 bits per heavy atom. The highest BCUT2D eigenvalue weighted by atomic mass is 16.5. The molecule has 0 amide bonds. The fourth-order valence-electron chi connectivity index (χ4n) is 3.58. The number of nitrogens with zero attached hydrogens (tertiary/aromatic N) is 1. The van der Waals surface area contributed by atoms with E-state index in [0.29, 0.717) is 23.4 Å². The number of hydrogen-bond acceptors (Lipinski definition) is 4. The van der Waals surface area contributed by atoms with Crippen molar-refractivity contribution < 1.29 is 14.6 Å². The molecule has 4 rings (SSSR count). The van der Waals surface area contributed by atoms with Gasteiger partial charge < -0.3 is 9.84 Å². The Balaban J connectivity index is 0.00000141. The molecule has 4 nitrogen and oxygen atoms in total. The smallest absolute Gasteiger partial charge is 0.214 e. The van der Waals surface area contributed by atoms with E-state index in [-0.39, 0.29) is 12.4 Å². The number of hydrogen-bond donors (Lipinski definition) is 1. The maximum absolute atomic E-state index is 13.0. The van der Waals surface area contributed by atoms with Crippen LogP contribution in [-0.2, 0) is 6.42 Å². The molecular weight excluding hydrogens is 398 g/mol. The normalized spacial score (nSPS) is 10.4. The highest BCUT2D eigenvalue weighted by molar-refractivity contribution is 6.11. The molecule has 0 bridgehead atoms. The molecule has 164 valence electrons. The van der Waals surface area contributed by atoms with Crippen LogP contribution in [0.25, 0.3) is 22.0 Å². The molecule has 0 spiro atoms. The van der Waals surface area contributed by atoms with Gasteiger partial charge in [-0.1, -0.05) is 67.9 Å². The van der Waals surface area contributed by atoms with Gasteiger partial charge in [0.05, 0.1) is 12.6 Å². The van der Waals surface area contributed by atoms with Gasteiger partial charge in [-0.25, -0.2) is 4.98 Å². The molecule has 4 heteroatoms. The van der Waals surface area contributed by atoms with Gasteiger partial charge >= 0.3 is 0 Å². The zero-order valence-corrected chi connectivity index (χ0v) is 19.1. The number of aryl methyl sites for hydroxylation is 1. The van der Waals surface area contributed by atoms with Crippen LogP contribution in [0.5, 0.6) is 5.88 Å². The summed E-state index contributed by atoms with van der Waals surface area (Å²) in [6.07, 6.45) is 0.588. The number of aliphatic hydroxyl groups is 1. The molecule has 32 heavy (non-hydrogen) atoms. The molecule has 3 aromatic carbocycles. The summed E-state index contributed by atoms with van der Waals surface area (Å²) >= 11 is 0. The Hall–Kier alpha value is -3.50. The highest BCUT2D eigenvalue weighted by Crippen LogP contribution is 2.32. The topological polar surface area (TPSA) is 59.4 Å². The van der Waals surface area contributed by atoms with Crippen molar-refractivity contribution in [3.63, 3.8) is 0 Å². The molecule has 0 atom stereocenters. The van der Waals surface area contributed by atoms with Gasteiger partial charge in [0, 0.05) is 29.2 Å². The highest BCUT2D eigenvalue weighted by Gasteiger charge is 2.14. The van der Waals surface area contributed by atoms with Crippen LogP contribution in [0.2, 0.25) is 0 Å². The van der Waals surface area contributed by atoms with E-state index in [1.807, 2.05) is 87.5 Å². The number of rotatable bonds is 6. The van der Waals surface area contributed by atoms with Gasteiger partial charge in [-0.2, -0.15) is 0 Å². The van der Waals surface area contributed by atoms with Crippen molar-refractivity contribution in [3.05, 3.63) is 95.1 Å². The first-order valence-electron chi connectivity index (χ1n) is 10.9. The maximum Gasteiger partial charge on any atom is 0.214 e. The van der Waals surface area contributed by atoms with E-state index in [9.17, 15) is 9.90 Å². The van der Waals surface area contributed by atoms with E-state index in [2.05, 4.69) is 11.1 Å². The molecule has 1 aromatic heterocycles. The van der Waals surface area contributed by atoms with Crippen molar-refractivity contribution in [3.8, 4) is 17.0 Å². The number of methoxy groups -OCH3 is 1. The second-order valence-electron chi connectivity index (χ2n) is 7.31. The predicted molar refractivity (Wildman–Crippen MR) is 130 cm³/mol. The SMILES string of the molecule is CC.COc1cc(-c2cccc(CCO)c2)c2cc(C(=O)c3ccc(C)cc3)ccc2n1. The third-order valence-corrected chi connectivity index (χ3v) is 5.21. The van der Waals surface area contributed by atoms with Gasteiger partial charge in [-0.3, -0.25) is 4.79 Å². The van der Waals surface area contributed by atoms with Crippen LogP contribution in [0.4, 0.5) is 0 Å². The Bertz CT molecular complexity index is 1210. The van der Waals surface area contributed by atoms with E-state index in [1.165, 1.54) is 0 Å². The summed E-state index contributed by atoms with van der Waals surface area (Å²) in [5, 5.41) is 10.2. The van der Waals surface area contributed by atoms with Crippen molar-refractivity contribution in [1.82, 2.24) is 4.98 Å². The van der Waals surface area contributed by atoms with E-state index < -0.39 is 0 Å². The van der Waals surface area contributed by atoms with Gasteiger partial charge in [-0.15, -0.1) is 0 Å². The summed E-state index contributed by atoms with van der Waals surface area (Å²) < 4.78 is 5.40. The zero-order chi connectivity index (χ0) is 23.1. The zero-order valence-electron chi connectivity index (χ0n) is 19.1. The molecule has 0 aliphatic rings. The Morgan fingerprint density at radius 2 is 1.66 bits per heavy atom. The summed E-state index contributed by atoms with van der Waals surface area (Å²) in [5.74, 6) is 0.496. The van der Waals surface area contributed by atoms with Crippen LogP contribution < -0.4 is 4.74 Å². The molecule has 1 N–H and O–H groups in total. The van der Waals surface area contributed by atoms with Gasteiger partial charge in [0.25, 0.3) is 0 Å². The predicted octanol–water partition coefficient (Wildman–Crippen LogP) is 6.01. The molecule has 4 aromatic rings. The number of aromatic nitrogens is 1. The Kier molecular flexibility index (Phi) is 7.74. The largest absolute Gasteiger partial charge is 0.481 e. The third kappa shape index (κ3) is 5.04. The van der Waals surface area contributed by atoms with Crippen LogP contribution in [0, 0.1) is 6.92 Å². The second kappa shape index (κ2) is 10.7. The van der Waals surface area contributed by atoms with E-state index in [4.69, 9.17) is 4.74 Å². The van der Waals surface area contributed by atoms with Crippen molar-refractivity contribution in [1.29, 1.82) is 0 Å². The van der Waals surface area contributed by atoms with Crippen molar-refractivity contribution in [2.45, 2.75) is 27.2 Å². The number of pyridine rings is 1. The molecular formula is C28H29NO3. The van der Waals surface area contributed by atoms with Crippen molar-refractivity contribution in [2.24, 2.45) is 0 Å². The first-order chi connectivity index (χ1) is 15.6. The first kappa shape index (κ1) is 23.2. The average Bonchev–Trinajstić information content (AvgIpc) is 2.84. The van der Waals surface area contributed by atoms with Gasteiger partial charge in [-0.05, 0) is 48.2 Å². The molecule has 0 fully saturated rings. The molecule has 1 heterocycles. The number of fused-ring (bicyclic) bond motifs is 1. The third-order valence-electron chi connectivity index (χ3n) is 5.21. The lowest BCUT2D eigenvalue weighted by Gasteiger charge is -2.12. The van der Waals surface area contributed by atoms with Gasteiger partial charge in [0.15, 0.2) is 5.78 Å². The summed E-state index contributed by atoms with van der Waals surface area (Å²) in [6, 6.07) is 23.1. The lowest BCUT2D eigenvalue weighted by Crippen LogP contribution is -2.02. The number of ketones is 1. The molecule has 0 radical (unpaired) electrons. The van der Waals surface area contributed by atoms with Gasteiger partial charge in [0.1, 0.15) is 0 Å². The standard InChI is InChI=1S/C26H23NO3.C2H6/c1-17-6-8-19(9-7-17)26(29)21-10-11-24-23(15-21)22(16-25(27-24)30-2)20-5-3-4-18(14-20)12-13-28;1-2/h3-11,14-16,28H,12-13H2,1-2H3;1-2H3. The maximum atomic E-state index is 13.0. The fraction of sp³-hybridized carbons (Fsp3) is 0.214. The molecule has 0 saturated heterocycles. The minimum Gasteiger partial charge on any atom is -0.481 e. The fourth-order valence-corrected chi connectivity index (χ4v) is 3.58. The van der Waals surface area contributed by atoms with Crippen molar-refractivity contribution in [2.75, 3.05) is 13.7 Å². The minimum atomic E-state index is -0.0206. The molecule has 0 saturated carbocycles. The van der Waals surface area contributed by atoms with E-state index in [1.54, 1.807) is 7.11 Å². The molecule has 0 unspecified atom stereocenters. The lowest BCUT2D eigenvalue weighted by molar-refractivity contribution is 0.103. The quantitative estimate of drug-likeness (QED) is 0.383. The van der Waals surface area contributed by atoms with Crippen LogP contribution in [0.3, 0.4) is 0 Å². The second-order valence-corrected chi connectivity index (χ2v) is 7.31. The average molecular weight is 428 g/mol. The Labute approximate surface area is 189 Å². The van der Waals surface area contributed by atoms with Crippen molar-refractivity contribution >= 4 is 16.7 Å². The number of ether oxygens (including phenoxy) is 1. The Morgan fingerprint density at radius 3 is 2.34 bits per heavy atom. The lowest BCUT2D eigenvalue weighted by atomic mass is 9.95. The summed E-state index contributed by atoms with van der Waals surface area (Å²) in [7, 11) is 1.59.